The third kappa shape index (κ3) is 2.93. The first-order valence-corrected chi connectivity index (χ1v) is 6.79. The Morgan fingerprint density at radius 1 is 1.41 bits per heavy atom. The number of nitrogens with one attached hydrogen (secondary N) is 2. The number of hydrogen-bond acceptors (Lipinski definition) is 3. The molecule has 1 fully saturated rings. The van der Waals surface area contributed by atoms with Gasteiger partial charge in [0.1, 0.15) is 11.6 Å². The Kier molecular flexibility index (Phi) is 3.92. The van der Waals surface area contributed by atoms with Gasteiger partial charge in [-0.1, -0.05) is 26.2 Å². The number of H-pyrrole nitrogens is 1. The summed E-state index contributed by atoms with van der Waals surface area (Å²) in [6.45, 7) is 4.17. The van der Waals surface area contributed by atoms with Crippen LogP contribution in [0, 0.1) is 12.8 Å². The topological polar surface area (TPSA) is 66.7 Å². The van der Waals surface area contributed by atoms with Crippen molar-refractivity contribution in [3.8, 4) is 0 Å². The highest BCUT2D eigenvalue weighted by Gasteiger charge is 2.23. The molecule has 0 saturated heterocycles. The molecule has 1 saturated carbocycles. The monoisotopic (exact) mass is 236 g/mol. The van der Waals surface area contributed by atoms with Gasteiger partial charge < -0.3 is 16.0 Å². The van der Waals surface area contributed by atoms with Gasteiger partial charge in [0.05, 0.1) is 0 Å². The number of rotatable bonds is 4. The second kappa shape index (κ2) is 5.43. The van der Waals surface area contributed by atoms with E-state index in [1.807, 2.05) is 6.92 Å². The zero-order valence-corrected chi connectivity index (χ0v) is 10.9. The fourth-order valence-corrected chi connectivity index (χ4v) is 2.89. The predicted molar refractivity (Wildman–Crippen MR) is 72.0 cm³/mol. The van der Waals surface area contributed by atoms with Crippen LogP contribution >= 0.6 is 0 Å². The highest BCUT2D eigenvalue weighted by molar-refractivity contribution is 5.57. The number of aromatic nitrogens is 2. The van der Waals surface area contributed by atoms with E-state index in [2.05, 4.69) is 22.2 Å². The number of nitrogens with two attached hydrogens (primary N) is 1. The standard InChI is InChI=1S/C13H24N4/c1-3-11(10-7-5-4-6-8-10)17-13-12(14)15-9(2)16-13/h10-11,17H,3-8,14H2,1-2H3,(H,15,16). The van der Waals surface area contributed by atoms with Gasteiger partial charge in [0.15, 0.2) is 5.82 Å². The third-order valence-electron chi connectivity index (χ3n) is 3.83. The molecule has 1 aromatic rings. The van der Waals surface area contributed by atoms with Crippen LogP contribution in [0.15, 0.2) is 0 Å². The molecular formula is C13H24N4. The second-order valence-corrected chi connectivity index (χ2v) is 5.14. The molecule has 0 spiro atoms. The summed E-state index contributed by atoms with van der Waals surface area (Å²) in [4.78, 5) is 7.45. The molecule has 2 rings (SSSR count). The number of nitrogen functional groups attached to an aromatic ring is 1. The Morgan fingerprint density at radius 2 is 2.12 bits per heavy atom. The minimum absolute atomic E-state index is 0.514. The van der Waals surface area contributed by atoms with E-state index in [-0.39, 0.29) is 0 Å². The summed E-state index contributed by atoms with van der Waals surface area (Å²) in [6.07, 6.45) is 7.96. The summed E-state index contributed by atoms with van der Waals surface area (Å²) in [5, 5.41) is 3.52. The van der Waals surface area contributed by atoms with Crippen LogP contribution in [0.25, 0.3) is 0 Å². The summed E-state index contributed by atoms with van der Waals surface area (Å²) < 4.78 is 0. The molecule has 0 aromatic carbocycles. The molecule has 1 heterocycles. The maximum Gasteiger partial charge on any atom is 0.168 e. The number of aromatic amines is 1. The van der Waals surface area contributed by atoms with Crippen molar-refractivity contribution >= 4 is 11.6 Å². The Bertz CT molecular complexity index is 352. The number of anilines is 2. The van der Waals surface area contributed by atoms with Crippen molar-refractivity contribution in [2.75, 3.05) is 11.1 Å². The lowest BCUT2D eigenvalue weighted by molar-refractivity contribution is 0.312. The minimum atomic E-state index is 0.514. The summed E-state index contributed by atoms with van der Waals surface area (Å²) in [7, 11) is 0. The average molecular weight is 236 g/mol. The average Bonchev–Trinajstić information content (AvgIpc) is 2.66. The first-order chi connectivity index (χ1) is 8.20. The molecule has 1 atom stereocenters. The molecule has 0 amide bonds. The highest BCUT2D eigenvalue weighted by Crippen LogP contribution is 2.30. The Hall–Kier alpha value is -1.19. The zero-order valence-electron chi connectivity index (χ0n) is 10.9. The summed E-state index contributed by atoms with van der Waals surface area (Å²) in [5.74, 6) is 3.16. The Morgan fingerprint density at radius 3 is 2.65 bits per heavy atom. The molecule has 4 nitrogen and oxygen atoms in total. The first kappa shape index (κ1) is 12.3. The fourth-order valence-electron chi connectivity index (χ4n) is 2.89. The van der Waals surface area contributed by atoms with Crippen LogP contribution in [0.3, 0.4) is 0 Å². The van der Waals surface area contributed by atoms with Crippen LogP contribution in [0.5, 0.6) is 0 Å². The van der Waals surface area contributed by atoms with E-state index in [4.69, 9.17) is 5.73 Å². The van der Waals surface area contributed by atoms with E-state index >= 15 is 0 Å². The smallest absolute Gasteiger partial charge is 0.168 e. The van der Waals surface area contributed by atoms with Crippen molar-refractivity contribution in [2.24, 2.45) is 5.92 Å². The van der Waals surface area contributed by atoms with Crippen LogP contribution in [-0.2, 0) is 0 Å². The van der Waals surface area contributed by atoms with E-state index in [1.165, 1.54) is 32.1 Å². The van der Waals surface area contributed by atoms with Gasteiger partial charge in [-0.3, -0.25) is 0 Å². The van der Waals surface area contributed by atoms with Crippen LogP contribution in [0.4, 0.5) is 11.6 Å². The van der Waals surface area contributed by atoms with Crippen molar-refractivity contribution in [2.45, 2.75) is 58.4 Å². The Balaban J connectivity index is 2.01. The molecule has 17 heavy (non-hydrogen) atoms. The quantitative estimate of drug-likeness (QED) is 0.752. The lowest BCUT2D eigenvalue weighted by atomic mass is 9.83. The molecule has 0 bridgehead atoms. The van der Waals surface area contributed by atoms with E-state index in [9.17, 15) is 0 Å². The second-order valence-electron chi connectivity index (χ2n) is 5.14. The molecule has 0 aliphatic heterocycles. The number of imidazole rings is 1. The summed E-state index contributed by atoms with van der Waals surface area (Å²) >= 11 is 0. The SMILES string of the molecule is CCC(Nc1nc(C)[nH]c1N)C1CCCCC1. The largest absolute Gasteiger partial charge is 0.382 e. The maximum absolute atomic E-state index is 5.89. The minimum Gasteiger partial charge on any atom is -0.382 e. The third-order valence-corrected chi connectivity index (χ3v) is 3.83. The van der Waals surface area contributed by atoms with Crippen molar-refractivity contribution in [1.82, 2.24) is 9.97 Å². The van der Waals surface area contributed by atoms with Crippen LogP contribution in [-0.4, -0.2) is 16.0 Å². The van der Waals surface area contributed by atoms with Gasteiger partial charge in [-0.05, 0) is 32.1 Å². The van der Waals surface area contributed by atoms with Gasteiger partial charge in [-0.25, -0.2) is 4.98 Å². The van der Waals surface area contributed by atoms with Gasteiger partial charge in [-0.2, -0.15) is 0 Å². The predicted octanol–water partition coefficient (Wildman–Crippen LogP) is 3.07. The number of nitrogens with zero attached hydrogens (tertiary/aromatic N) is 1. The molecule has 0 radical (unpaired) electrons. The van der Waals surface area contributed by atoms with Crippen LogP contribution in [0.1, 0.15) is 51.3 Å². The zero-order chi connectivity index (χ0) is 12.3. The highest BCUT2D eigenvalue weighted by atomic mass is 15.1. The van der Waals surface area contributed by atoms with Gasteiger partial charge in [0, 0.05) is 6.04 Å². The number of aryl methyl sites for hydroxylation is 1. The molecule has 96 valence electrons. The molecule has 4 N–H and O–H groups in total. The van der Waals surface area contributed by atoms with Gasteiger partial charge >= 0.3 is 0 Å². The van der Waals surface area contributed by atoms with E-state index in [1.54, 1.807) is 0 Å². The number of hydrogen-bond donors (Lipinski definition) is 3. The summed E-state index contributed by atoms with van der Waals surface area (Å²) in [5.41, 5.74) is 5.89. The Labute approximate surface area is 103 Å². The van der Waals surface area contributed by atoms with Crippen LogP contribution < -0.4 is 11.1 Å². The molecule has 4 heteroatoms. The molecule has 1 aliphatic carbocycles. The normalized spacial score (nSPS) is 19.2. The lowest BCUT2D eigenvalue weighted by Crippen LogP contribution is -2.30. The molecule has 1 aliphatic rings. The van der Waals surface area contributed by atoms with Crippen molar-refractivity contribution < 1.29 is 0 Å². The molecule has 1 aromatic heterocycles. The van der Waals surface area contributed by atoms with E-state index in [0.29, 0.717) is 11.9 Å². The van der Waals surface area contributed by atoms with E-state index < -0.39 is 0 Å². The van der Waals surface area contributed by atoms with Gasteiger partial charge in [0.25, 0.3) is 0 Å². The summed E-state index contributed by atoms with van der Waals surface area (Å²) in [6, 6.07) is 0.514. The van der Waals surface area contributed by atoms with E-state index in [0.717, 1.165) is 24.0 Å². The van der Waals surface area contributed by atoms with Crippen molar-refractivity contribution in [3.63, 3.8) is 0 Å². The van der Waals surface area contributed by atoms with Crippen molar-refractivity contribution in [1.29, 1.82) is 0 Å². The first-order valence-electron chi connectivity index (χ1n) is 6.79. The maximum atomic E-state index is 5.89. The van der Waals surface area contributed by atoms with Gasteiger partial charge in [0.2, 0.25) is 0 Å². The fraction of sp³-hybridized carbons (Fsp3) is 0.769. The van der Waals surface area contributed by atoms with Crippen molar-refractivity contribution in [3.05, 3.63) is 5.82 Å². The molecular weight excluding hydrogens is 212 g/mol. The van der Waals surface area contributed by atoms with Gasteiger partial charge in [-0.15, -0.1) is 0 Å². The molecule has 1 unspecified atom stereocenters. The van der Waals surface area contributed by atoms with Crippen LogP contribution in [0.2, 0.25) is 0 Å². The lowest BCUT2D eigenvalue weighted by Gasteiger charge is -2.30.